The lowest BCUT2D eigenvalue weighted by molar-refractivity contribution is 0.355. The quantitative estimate of drug-likeness (QED) is 0.535. The summed E-state index contributed by atoms with van der Waals surface area (Å²) in [6.07, 6.45) is 0. The van der Waals surface area contributed by atoms with Crippen molar-refractivity contribution in [1.82, 2.24) is 4.98 Å². The zero-order chi connectivity index (χ0) is 18.1. The topological polar surface area (TPSA) is 108 Å². The summed E-state index contributed by atoms with van der Waals surface area (Å²) in [5.74, 6) is 1.10. The van der Waals surface area contributed by atoms with Crippen molar-refractivity contribution in [3.63, 3.8) is 0 Å². The highest BCUT2D eigenvalue weighted by atomic mass is 32.1. The van der Waals surface area contributed by atoms with Crippen molar-refractivity contribution in [2.45, 2.75) is 0 Å². The van der Waals surface area contributed by atoms with Gasteiger partial charge in [0.1, 0.15) is 17.7 Å². The molecule has 124 valence electrons. The Morgan fingerprint density at radius 2 is 1.80 bits per heavy atom. The number of H-pyrrole nitrogens is 1. The third-order valence-electron chi connectivity index (χ3n) is 3.81. The summed E-state index contributed by atoms with van der Waals surface area (Å²) in [7, 11) is 3.09. The Morgan fingerprint density at radius 1 is 1.12 bits per heavy atom. The number of thiazole rings is 1. The van der Waals surface area contributed by atoms with Crippen molar-refractivity contribution >= 4 is 39.5 Å². The molecule has 2 aromatic carbocycles. The molecule has 0 unspecified atom stereocenters. The Balaban J connectivity index is 2.47. The Hall–Kier alpha value is -3.07. The number of rotatable bonds is 3. The van der Waals surface area contributed by atoms with Crippen molar-refractivity contribution in [3.05, 3.63) is 33.3 Å². The second kappa shape index (κ2) is 6.44. The normalized spacial score (nSPS) is 10.2. The van der Waals surface area contributed by atoms with Crippen LogP contribution in [-0.2, 0) is 0 Å². The molecule has 0 amide bonds. The SMILES string of the molecule is COc1ccc(-c2c(C#N)c(N)c(C#N)c3[nH]c(=S)sc23)cc1OC. The van der Waals surface area contributed by atoms with E-state index >= 15 is 0 Å². The van der Waals surface area contributed by atoms with Crippen LogP contribution >= 0.6 is 23.6 Å². The first-order valence-corrected chi connectivity index (χ1v) is 8.29. The number of nitrogens with two attached hydrogens (primary N) is 1. The van der Waals surface area contributed by atoms with Crippen LogP contribution in [0.4, 0.5) is 5.69 Å². The fourth-order valence-electron chi connectivity index (χ4n) is 2.69. The summed E-state index contributed by atoms with van der Waals surface area (Å²) in [6, 6.07) is 9.50. The zero-order valence-electron chi connectivity index (χ0n) is 13.3. The number of nitrogens with one attached hydrogen (secondary N) is 1. The molecule has 0 aliphatic carbocycles. The van der Waals surface area contributed by atoms with Gasteiger partial charge in [0, 0.05) is 5.56 Å². The number of hydrogen-bond acceptors (Lipinski definition) is 7. The van der Waals surface area contributed by atoms with Gasteiger partial charge in [-0.15, -0.1) is 11.3 Å². The largest absolute Gasteiger partial charge is 0.493 e. The summed E-state index contributed by atoms with van der Waals surface area (Å²) >= 11 is 6.52. The molecule has 3 aromatic rings. The van der Waals surface area contributed by atoms with E-state index in [0.29, 0.717) is 31.2 Å². The summed E-state index contributed by atoms with van der Waals surface area (Å²) in [6.45, 7) is 0. The van der Waals surface area contributed by atoms with Gasteiger partial charge in [0.2, 0.25) is 0 Å². The number of methoxy groups -OCH3 is 2. The first kappa shape index (κ1) is 16.8. The van der Waals surface area contributed by atoms with Gasteiger partial charge in [-0.2, -0.15) is 10.5 Å². The number of ether oxygens (including phenoxy) is 2. The average Bonchev–Trinajstić information content (AvgIpc) is 3.00. The van der Waals surface area contributed by atoms with E-state index in [9.17, 15) is 10.5 Å². The molecule has 0 radical (unpaired) electrons. The first-order valence-electron chi connectivity index (χ1n) is 7.06. The van der Waals surface area contributed by atoms with Gasteiger partial charge >= 0.3 is 0 Å². The highest BCUT2D eigenvalue weighted by Gasteiger charge is 2.21. The van der Waals surface area contributed by atoms with Crippen molar-refractivity contribution in [2.24, 2.45) is 0 Å². The van der Waals surface area contributed by atoms with Crippen LogP contribution in [0, 0.1) is 26.6 Å². The van der Waals surface area contributed by atoms with Crippen molar-refractivity contribution in [3.8, 4) is 34.8 Å². The van der Waals surface area contributed by atoms with Gasteiger partial charge in [0.15, 0.2) is 15.5 Å². The predicted molar refractivity (Wildman–Crippen MR) is 99.4 cm³/mol. The third-order valence-corrected chi connectivity index (χ3v) is 5.06. The molecule has 25 heavy (non-hydrogen) atoms. The molecule has 0 saturated heterocycles. The highest BCUT2D eigenvalue weighted by molar-refractivity contribution is 7.73. The Labute approximate surface area is 152 Å². The molecule has 0 atom stereocenters. The van der Waals surface area contributed by atoms with Crippen LogP contribution in [0.25, 0.3) is 21.3 Å². The summed E-state index contributed by atoms with van der Waals surface area (Å²) in [5.41, 5.74) is 8.57. The summed E-state index contributed by atoms with van der Waals surface area (Å²) in [5, 5.41) is 19.1. The number of aromatic amines is 1. The van der Waals surface area contributed by atoms with Gasteiger partial charge in [-0.05, 0) is 29.9 Å². The summed E-state index contributed by atoms with van der Waals surface area (Å²) < 4.78 is 11.8. The van der Waals surface area contributed by atoms with E-state index in [1.54, 1.807) is 19.2 Å². The number of fused-ring (bicyclic) bond motifs is 1. The van der Waals surface area contributed by atoms with Gasteiger partial charge in [-0.3, -0.25) is 0 Å². The molecule has 3 rings (SSSR count). The molecular weight excluding hydrogens is 356 g/mol. The molecule has 1 heterocycles. The van der Waals surface area contributed by atoms with Crippen LogP contribution in [0.2, 0.25) is 0 Å². The van der Waals surface area contributed by atoms with Gasteiger partial charge in [0.05, 0.1) is 35.7 Å². The van der Waals surface area contributed by atoms with Crippen LogP contribution in [0.5, 0.6) is 11.5 Å². The van der Waals surface area contributed by atoms with Crippen LogP contribution in [0.15, 0.2) is 18.2 Å². The second-order valence-electron chi connectivity index (χ2n) is 5.05. The van der Waals surface area contributed by atoms with E-state index in [1.165, 1.54) is 18.4 Å². The highest BCUT2D eigenvalue weighted by Crippen LogP contribution is 2.42. The van der Waals surface area contributed by atoms with E-state index in [2.05, 4.69) is 17.1 Å². The van der Waals surface area contributed by atoms with E-state index in [-0.39, 0.29) is 16.8 Å². The van der Waals surface area contributed by atoms with Crippen LogP contribution in [0.3, 0.4) is 0 Å². The van der Waals surface area contributed by atoms with Crippen LogP contribution < -0.4 is 15.2 Å². The van der Waals surface area contributed by atoms with Gasteiger partial charge in [-0.1, -0.05) is 6.07 Å². The van der Waals surface area contributed by atoms with Crippen molar-refractivity contribution < 1.29 is 9.47 Å². The van der Waals surface area contributed by atoms with Crippen molar-refractivity contribution in [2.75, 3.05) is 20.0 Å². The molecule has 0 aliphatic heterocycles. The lowest BCUT2D eigenvalue weighted by Crippen LogP contribution is -2.00. The van der Waals surface area contributed by atoms with E-state index in [0.717, 1.165) is 5.56 Å². The fraction of sp³-hybridized carbons (Fsp3) is 0.118. The van der Waals surface area contributed by atoms with E-state index < -0.39 is 0 Å². The number of nitriles is 2. The molecule has 0 saturated carbocycles. The standard InChI is InChI=1S/C17H12N4O2S2/c1-22-11-4-3-8(5-12(11)23-2)13-9(6-18)14(20)10(7-19)15-16(13)25-17(24)21-15/h3-5H,20H2,1-2H3,(H,21,24). The van der Waals surface area contributed by atoms with Crippen LogP contribution in [-0.4, -0.2) is 19.2 Å². The maximum Gasteiger partial charge on any atom is 0.161 e. The number of benzene rings is 2. The van der Waals surface area contributed by atoms with Crippen LogP contribution in [0.1, 0.15) is 11.1 Å². The first-order chi connectivity index (χ1) is 12.0. The fourth-order valence-corrected chi connectivity index (χ4v) is 3.96. The minimum absolute atomic E-state index is 0.131. The van der Waals surface area contributed by atoms with Crippen molar-refractivity contribution in [1.29, 1.82) is 10.5 Å². The Bertz CT molecular complexity index is 1130. The Morgan fingerprint density at radius 3 is 2.40 bits per heavy atom. The molecule has 0 fully saturated rings. The third kappa shape index (κ3) is 2.58. The monoisotopic (exact) mass is 368 g/mol. The number of nitrogen functional groups attached to an aromatic ring is 1. The van der Waals surface area contributed by atoms with Gasteiger partial charge in [-0.25, -0.2) is 0 Å². The molecule has 8 heteroatoms. The molecule has 1 aromatic heterocycles. The lowest BCUT2D eigenvalue weighted by atomic mass is 9.95. The maximum absolute atomic E-state index is 9.65. The number of nitrogens with zero attached hydrogens (tertiary/aromatic N) is 2. The lowest BCUT2D eigenvalue weighted by Gasteiger charge is -2.13. The maximum atomic E-state index is 9.65. The predicted octanol–water partition coefficient (Wildman–Crippen LogP) is 3.97. The van der Waals surface area contributed by atoms with Gasteiger partial charge < -0.3 is 20.2 Å². The molecule has 6 nitrogen and oxygen atoms in total. The Kier molecular flexibility index (Phi) is 4.32. The second-order valence-corrected chi connectivity index (χ2v) is 6.74. The molecule has 3 N–H and O–H groups in total. The summed E-state index contributed by atoms with van der Waals surface area (Å²) in [4.78, 5) is 3.00. The number of hydrogen-bond donors (Lipinski definition) is 2. The molecule has 0 aliphatic rings. The number of aromatic nitrogens is 1. The molecule has 0 bridgehead atoms. The van der Waals surface area contributed by atoms with Gasteiger partial charge in [0.25, 0.3) is 0 Å². The minimum Gasteiger partial charge on any atom is -0.493 e. The smallest absolute Gasteiger partial charge is 0.161 e. The number of anilines is 1. The van der Waals surface area contributed by atoms with E-state index in [1.807, 2.05) is 6.07 Å². The van der Waals surface area contributed by atoms with E-state index in [4.69, 9.17) is 27.4 Å². The zero-order valence-corrected chi connectivity index (χ0v) is 15.0. The minimum atomic E-state index is 0.131. The molecular formula is C17H12N4O2S2. The average molecular weight is 368 g/mol. The molecule has 0 spiro atoms.